The zero-order valence-electron chi connectivity index (χ0n) is 17.6. The molecule has 0 aliphatic carbocycles. The number of halogens is 1. The summed E-state index contributed by atoms with van der Waals surface area (Å²) in [7, 11) is 1.65. The number of hydrogen-bond acceptors (Lipinski definition) is 3. The Balaban J connectivity index is 1.79. The van der Waals surface area contributed by atoms with Gasteiger partial charge in [0, 0.05) is 52.7 Å². The lowest BCUT2D eigenvalue weighted by Crippen LogP contribution is -2.38. The molecule has 3 rings (SSSR count). The van der Waals surface area contributed by atoms with E-state index in [9.17, 15) is 9.18 Å². The predicted octanol–water partition coefficient (Wildman–Crippen LogP) is 3.84. The van der Waals surface area contributed by atoms with E-state index in [1.807, 2.05) is 11.0 Å². The molecule has 0 spiro atoms. The molecule has 2 unspecified atom stereocenters. The average molecular weight is 399 g/mol. The zero-order chi connectivity index (χ0) is 20.8. The van der Waals surface area contributed by atoms with Crippen LogP contribution in [0, 0.1) is 18.7 Å². The lowest BCUT2D eigenvalue weighted by atomic mass is 9.88. The summed E-state index contributed by atoms with van der Waals surface area (Å²) in [5.41, 5.74) is 3.55. The van der Waals surface area contributed by atoms with Gasteiger partial charge in [0.25, 0.3) is 0 Å². The maximum absolute atomic E-state index is 13.9. The number of nitrogens with zero attached hydrogens (tertiary/aromatic N) is 2. The Morgan fingerprint density at radius 1 is 1.21 bits per heavy atom. The van der Waals surface area contributed by atoms with Gasteiger partial charge in [-0.15, -0.1) is 0 Å². The summed E-state index contributed by atoms with van der Waals surface area (Å²) in [5.74, 6) is 0.292. The Bertz CT molecular complexity index is 826. The Hall–Kier alpha value is -2.24. The molecule has 1 aliphatic heterocycles. The van der Waals surface area contributed by atoms with Crippen molar-refractivity contribution in [1.82, 2.24) is 9.80 Å². The van der Waals surface area contributed by atoms with Gasteiger partial charge in [-0.05, 0) is 36.1 Å². The summed E-state index contributed by atoms with van der Waals surface area (Å²) in [6.45, 7) is 8.06. The van der Waals surface area contributed by atoms with E-state index in [0.717, 1.165) is 25.2 Å². The van der Waals surface area contributed by atoms with E-state index in [2.05, 4.69) is 36.1 Å². The smallest absolute Gasteiger partial charge is 0.219 e. The summed E-state index contributed by atoms with van der Waals surface area (Å²) in [6.07, 6.45) is 0. The number of ether oxygens (including phenoxy) is 1. The highest BCUT2D eigenvalue weighted by Gasteiger charge is 2.35. The van der Waals surface area contributed by atoms with Crippen LogP contribution in [0.15, 0.2) is 48.5 Å². The van der Waals surface area contributed by atoms with Gasteiger partial charge in [-0.3, -0.25) is 9.69 Å². The zero-order valence-corrected chi connectivity index (χ0v) is 17.6. The van der Waals surface area contributed by atoms with Crippen molar-refractivity contribution in [1.29, 1.82) is 0 Å². The van der Waals surface area contributed by atoms with Crippen LogP contribution in [0.2, 0.25) is 0 Å². The third kappa shape index (κ3) is 5.87. The van der Waals surface area contributed by atoms with Gasteiger partial charge in [0.05, 0.1) is 6.61 Å². The number of methoxy groups -OCH3 is 1. The van der Waals surface area contributed by atoms with Gasteiger partial charge in [-0.2, -0.15) is 0 Å². The van der Waals surface area contributed by atoms with Crippen LogP contribution in [0.25, 0.3) is 0 Å². The fourth-order valence-corrected chi connectivity index (χ4v) is 4.32. The number of amides is 1. The molecule has 0 radical (unpaired) electrons. The summed E-state index contributed by atoms with van der Waals surface area (Å²) in [5, 5.41) is 0. The van der Waals surface area contributed by atoms with Gasteiger partial charge >= 0.3 is 0 Å². The maximum atomic E-state index is 13.9. The van der Waals surface area contributed by atoms with E-state index >= 15 is 0 Å². The Morgan fingerprint density at radius 3 is 2.69 bits per heavy atom. The average Bonchev–Trinajstić information content (AvgIpc) is 3.07. The molecule has 1 fully saturated rings. The van der Waals surface area contributed by atoms with Crippen molar-refractivity contribution < 1.29 is 13.9 Å². The number of likely N-dealkylation sites (tertiary alicyclic amines) is 1. The number of hydrogen-bond donors (Lipinski definition) is 0. The number of aryl methyl sites for hydroxylation is 1. The normalized spacial score (nSPS) is 19.4. The van der Waals surface area contributed by atoms with Crippen molar-refractivity contribution in [3.63, 3.8) is 0 Å². The monoisotopic (exact) mass is 398 g/mol. The molecular formula is C24H31FN2O2. The quantitative estimate of drug-likeness (QED) is 0.677. The number of benzene rings is 2. The SMILES string of the molecule is COCCN(CC1CN(Cc2cccc(C)c2)CC1c1cccc(F)c1)C(C)=O. The molecule has 1 saturated heterocycles. The van der Waals surface area contributed by atoms with E-state index in [-0.39, 0.29) is 23.6 Å². The molecule has 5 heteroatoms. The van der Waals surface area contributed by atoms with Crippen LogP contribution in [0.4, 0.5) is 4.39 Å². The minimum Gasteiger partial charge on any atom is -0.383 e. The molecule has 2 aromatic rings. The second kappa shape index (κ2) is 9.99. The summed E-state index contributed by atoms with van der Waals surface area (Å²) < 4.78 is 19.1. The summed E-state index contributed by atoms with van der Waals surface area (Å²) in [6, 6.07) is 15.5. The summed E-state index contributed by atoms with van der Waals surface area (Å²) in [4.78, 5) is 16.4. The molecule has 2 aromatic carbocycles. The molecule has 2 atom stereocenters. The molecule has 29 heavy (non-hydrogen) atoms. The first kappa shape index (κ1) is 21.5. The molecule has 1 amide bonds. The predicted molar refractivity (Wildman–Crippen MR) is 113 cm³/mol. The van der Waals surface area contributed by atoms with Crippen molar-refractivity contribution in [2.75, 3.05) is 39.9 Å². The van der Waals surface area contributed by atoms with Crippen LogP contribution >= 0.6 is 0 Å². The molecule has 1 heterocycles. The highest BCUT2D eigenvalue weighted by Crippen LogP contribution is 2.34. The second-order valence-electron chi connectivity index (χ2n) is 8.06. The first-order valence-electron chi connectivity index (χ1n) is 10.2. The minimum absolute atomic E-state index is 0.0529. The number of carbonyl (C=O) groups excluding carboxylic acids is 1. The maximum Gasteiger partial charge on any atom is 0.219 e. The van der Waals surface area contributed by atoms with Gasteiger partial charge < -0.3 is 9.64 Å². The second-order valence-corrected chi connectivity index (χ2v) is 8.06. The van der Waals surface area contributed by atoms with Crippen LogP contribution < -0.4 is 0 Å². The third-order valence-electron chi connectivity index (χ3n) is 5.75. The van der Waals surface area contributed by atoms with Gasteiger partial charge in [0.2, 0.25) is 5.91 Å². The molecule has 0 bridgehead atoms. The van der Waals surface area contributed by atoms with Crippen LogP contribution in [-0.2, 0) is 16.1 Å². The third-order valence-corrected chi connectivity index (χ3v) is 5.75. The van der Waals surface area contributed by atoms with Crippen molar-refractivity contribution in [2.24, 2.45) is 5.92 Å². The molecule has 156 valence electrons. The fourth-order valence-electron chi connectivity index (χ4n) is 4.32. The molecule has 0 saturated carbocycles. The minimum atomic E-state index is -0.207. The van der Waals surface area contributed by atoms with Gasteiger partial charge in [-0.25, -0.2) is 4.39 Å². The van der Waals surface area contributed by atoms with Gasteiger partial charge in [-0.1, -0.05) is 42.0 Å². The van der Waals surface area contributed by atoms with Gasteiger partial charge in [0.15, 0.2) is 0 Å². The fraction of sp³-hybridized carbons (Fsp3) is 0.458. The van der Waals surface area contributed by atoms with Crippen LogP contribution in [-0.4, -0.2) is 55.6 Å². The van der Waals surface area contributed by atoms with E-state index in [1.54, 1.807) is 26.2 Å². The standard InChI is InChI=1S/C24H31FN2O2/c1-18-6-4-7-20(12-18)14-26-15-22(16-27(19(2)28)10-11-29-3)24(17-26)21-8-5-9-23(25)13-21/h4-9,12-13,22,24H,10-11,14-17H2,1-3H3. The first-order chi connectivity index (χ1) is 14.0. The molecule has 1 aliphatic rings. The molecule has 4 nitrogen and oxygen atoms in total. The Morgan fingerprint density at radius 2 is 2.00 bits per heavy atom. The Kier molecular flexibility index (Phi) is 7.40. The first-order valence-corrected chi connectivity index (χ1v) is 10.2. The molecular weight excluding hydrogens is 367 g/mol. The number of rotatable bonds is 8. The van der Waals surface area contributed by atoms with Crippen LogP contribution in [0.3, 0.4) is 0 Å². The molecule has 0 N–H and O–H groups in total. The van der Waals surface area contributed by atoms with E-state index in [4.69, 9.17) is 4.74 Å². The van der Waals surface area contributed by atoms with Crippen molar-refractivity contribution in [3.8, 4) is 0 Å². The Labute approximate surface area is 173 Å². The van der Waals surface area contributed by atoms with E-state index < -0.39 is 0 Å². The van der Waals surface area contributed by atoms with E-state index in [1.165, 1.54) is 17.2 Å². The highest BCUT2D eigenvalue weighted by atomic mass is 19.1. The lowest BCUT2D eigenvalue weighted by Gasteiger charge is -2.27. The van der Waals surface area contributed by atoms with Crippen molar-refractivity contribution >= 4 is 5.91 Å². The van der Waals surface area contributed by atoms with Crippen LogP contribution in [0.1, 0.15) is 29.5 Å². The topological polar surface area (TPSA) is 32.8 Å². The van der Waals surface area contributed by atoms with E-state index in [0.29, 0.717) is 19.7 Å². The summed E-state index contributed by atoms with van der Waals surface area (Å²) >= 11 is 0. The van der Waals surface area contributed by atoms with Crippen molar-refractivity contribution in [3.05, 3.63) is 71.0 Å². The molecule has 0 aromatic heterocycles. The number of carbonyl (C=O) groups is 1. The van der Waals surface area contributed by atoms with Crippen molar-refractivity contribution in [2.45, 2.75) is 26.3 Å². The largest absolute Gasteiger partial charge is 0.383 e. The highest BCUT2D eigenvalue weighted by molar-refractivity contribution is 5.73. The lowest BCUT2D eigenvalue weighted by molar-refractivity contribution is -0.130. The van der Waals surface area contributed by atoms with Crippen LogP contribution in [0.5, 0.6) is 0 Å². The van der Waals surface area contributed by atoms with Gasteiger partial charge in [0.1, 0.15) is 5.82 Å².